The summed E-state index contributed by atoms with van der Waals surface area (Å²) in [5.41, 5.74) is 1.15. The molecule has 0 aliphatic rings. The third-order valence-electron chi connectivity index (χ3n) is 2.84. The molecule has 0 bridgehead atoms. The molecule has 0 unspecified atom stereocenters. The Labute approximate surface area is 125 Å². The lowest BCUT2D eigenvalue weighted by Gasteiger charge is -2.10. The number of nitrogens with one attached hydrogen (secondary N) is 1. The highest BCUT2D eigenvalue weighted by atomic mass is 16.5. The van der Waals surface area contributed by atoms with Crippen LogP contribution in [0.3, 0.4) is 0 Å². The van der Waals surface area contributed by atoms with E-state index in [0.29, 0.717) is 24.9 Å². The average molecular weight is 287 g/mol. The third kappa shape index (κ3) is 4.95. The normalized spacial score (nSPS) is 10.5. The minimum Gasteiger partial charge on any atom is -0.497 e. The lowest BCUT2D eigenvalue weighted by Crippen LogP contribution is -2.07. The van der Waals surface area contributed by atoms with Crippen molar-refractivity contribution < 1.29 is 9.47 Å². The van der Waals surface area contributed by atoms with Gasteiger partial charge >= 0.3 is 0 Å². The van der Waals surface area contributed by atoms with Crippen molar-refractivity contribution in [3.8, 4) is 11.6 Å². The second kappa shape index (κ2) is 7.47. The molecule has 1 aromatic heterocycles. The highest BCUT2D eigenvalue weighted by Crippen LogP contribution is 2.15. The Morgan fingerprint density at radius 2 is 1.90 bits per heavy atom. The predicted octanol–water partition coefficient (Wildman–Crippen LogP) is 3.13. The summed E-state index contributed by atoms with van der Waals surface area (Å²) in [6, 6.07) is 9.72. The van der Waals surface area contributed by atoms with E-state index in [4.69, 9.17) is 9.47 Å². The van der Waals surface area contributed by atoms with Crippen LogP contribution < -0.4 is 14.8 Å². The fourth-order valence-electron chi connectivity index (χ4n) is 1.70. The number of ether oxygens (including phenoxy) is 2. The van der Waals surface area contributed by atoms with Gasteiger partial charge in [0.05, 0.1) is 13.7 Å². The smallest absolute Gasteiger partial charge is 0.218 e. The third-order valence-corrected chi connectivity index (χ3v) is 2.84. The van der Waals surface area contributed by atoms with E-state index >= 15 is 0 Å². The van der Waals surface area contributed by atoms with Gasteiger partial charge in [-0.15, -0.1) is 0 Å². The second-order valence-electron chi connectivity index (χ2n) is 5.15. The first-order valence-corrected chi connectivity index (χ1v) is 6.99. The molecule has 0 amide bonds. The quantitative estimate of drug-likeness (QED) is 0.848. The van der Waals surface area contributed by atoms with E-state index < -0.39 is 0 Å². The summed E-state index contributed by atoms with van der Waals surface area (Å²) in [4.78, 5) is 8.29. The molecule has 0 aliphatic carbocycles. The largest absolute Gasteiger partial charge is 0.497 e. The molecule has 0 spiro atoms. The van der Waals surface area contributed by atoms with Crippen molar-refractivity contribution in [3.05, 3.63) is 42.2 Å². The molecule has 0 saturated carbocycles. The first-order chi connectivity index (χ1) is 10.2. The number of nitrogens with zero attached hydrogens (tertiary/aromatic N) is 2. The fourth-order valence-corrected chi connectivity index (χ4v) is 1.70. The van der Waals surface area contributed by atoms with Crippen LogP contribution in [0.25, 0.3) is 0 Å². The van der Waals surface area contributed by atoms with Gasteiger partial charge in [0.15, 0.2) is 0 Å². The zero-order valence-electron chi connectivity index (χ0n) is 12.7. The summed E-state index contributed by atoms with van der Waals surface area (Å²) in [5.74, 6) is 2.66. The molecule has 0 radical (unpaired) electrons. The monoisotopic (exact) mass is 287 g/mol. The highest BCUT2D eigenvalue weighted by Gasteiger charge is 2.02. The first-order valence-electron chi connectivity index (χ1n) is 6.99. The maximum Gasteiger partial charge on any atom is 0.218 e. The van der Waals surface area contributed by atoms with Gasteiger partial charge in [0.1, 0.15) is 17.9 Å². The van der Waals surface area contributed by atoms with Crippen molar-refractivity contribution in [2.45, 2.75) is 20.4 Å². The van der Waals surface area contributed by atoms with Crippen LogP contribution in [0.1, 0.15) is 19.4 Å². The van der Waals surface area contributed by atoms with E-state index in [-0.39, 0.29) is 0 Å². The number of rotatable bonds is 7. The standard InChI is InChI=1S/C16H21N3O2/c1-12(2)10-21-16-8-15(18-11-19-16)17-9-13-4-6-14(20-3)7-5-13/h4-8,11-12H,9-10H2,1-3H3,(H,17,18,19). The molecule has 0 aliphatic heterocycles. The van der Waals surface area contributed by atoms with Gasteiger partial charge in [0.2, 0.25) is 5.88 Å². The van der Waals surface area contributed by atoms with Crippen molar-refractivity contribution in [1.29, 1.82) is 0 Å². The zero-order chi connectivity index (χ0) is 15.1. The molecule has 2 rings (SSSR count). The van der Waals surface area contributed by atoms with E-state index in [1.165, 1.54) is 6.33 Å². The lowest BCUT2D eigenvalue weighted by molar-refractivity contribution is 0.261. The molecule has 112 valence electrons. The summed E-state index contributed by atoms with van der Waals surface area (Å²) in [6.45, 7) is 5.54. The van der Waals surface area contributed by atoms with Crippen LogP contribution in [-0.4, -0.2) is 23.7 Å². The Hall–Kier alpha value is -2.30. The highest BCUT2D eigenvalue weighted by molar-refractivity contribution is 5.38. The Bertz CT molecular complexity index is 556. The van der Waals surface area contributed by atoms with Crippen LogP contribution in [0, 0.1) is 5.92 Å². The second-order valence-corrected chi connectivity index (χ2v) is 5.15. The minimum absolute atomic E-state index is 0.468. The molecule has 0 saturated heterocycles. The van der Waals surface area contributed by atoms with Gasteiger partial charge < -0.3 is 14.8 Å². The molecule has 5 nitrogen and oxygen atoms in total. The van der Waals surface area contributed by atoms with Gasteiger partial charge in [-0.05, 0) is 23.6 Å². The van der Waals surface area contributed by atoms with Crippen LogP contribution in [0.2, 0.25) is 0 Å². The van der Waals surface area contributed by atoms with Crippen LogP contribution in [0.5, 0.6) is 11.6 Å². The minimum atomic E-state index is 0.468. The summed E-state index contributed by atoms with van der Waals surface area (Å²) in [5, 5.41) is 3.25. The van der Waals surface area contributed by atoms with Crippen molar-refractivity contribution in [2.75, 3.05) is 19.0 Å². The van der Waals surface area contributed by atoms with Crippen LogP contribution in [0.15, 0.2) is 36.7 Å². The van der Waals surface area contributed by atoms with Gasteiger partial charge in [-0.2, -0.15) is 0 Å². The van der Waals surface area contributed by atoms with E-state index in [1.54, 1.807) is 7.11 Å². The van der Waals surface area contributed by atoms with Crippen molar-refractivity contribution in [3.63, 3.8) is 0 Å². The van der Waals surface area contributed by atoms with E-state index in [1.807, 2.05) is 30.3 Å². The molecular formula is C16H21N3O2. The number of anilines is 1. The number of aromatic nitrogens is 2. The molecule has 1 heterocycles. The van der Waals surface area contributed by atoms with Crippen LogP contribution in [0.4, 0.5) is 5.82 Å². The van der Waals surface area contributed by atoms with Crippen molar-refractivity contribution in [1.82, 2.24) is 9.97 Å². The molecule has 0 atom stereocenters. The Kier molecular flexibility index (Phi) is 5.37. The summed E-state index contributed by atoms with van der Waals surface area (Å²) in [6.07, 6.45) is 1.51. The molecule has 0 fully saturated rings. The Morgan fingerprint density at radius 1 is 1.14 bits per heavy atom. The van der Waals surface area contributed by atoms with Crippen molar-refractivity contribution >= 4 is 5.82 Å². The molecule has 21 heavy (non-hydrogen) atoms. The van der Waals surface area contributed by atoms with Gasteiger partial charge in [0, 0.05) is 12.6 Å². The van der Waals surface area contributed by atoms with Gasteiger partial charge in [-0.25, -0.2) is 9.97 Å². The topological polar surface area (TPSA) is 56.3 Å². The first kappa shape index (κ1) is 15.1. The molecule has 1 N–H and O–H groups in total. The average Bonchev–Trinajstić information content (AvgIpc) is 2.52. The van der Waals surface area contributed by atoms with Crippen molar-refractivity contribution in [2.24, 2.45) is 5.92 Å². The Morgan fingerprint density at radius 3 is 2.57 bits per heavy atom. The van der Waals surface area contributed by atoms with Gasteiger partial charge in [-0.1, -0.05) is 26.0 Å². The number of hydrogen-bond donors (Lipinski definition) is 1. The van der Waals surface area contributed by atoms with Crippen LogP contribution in [-0.2, 0) is 6.54 Å². The number of hydrogen-bond acceptors (Lipinski definition) is 5. The maximum absolute atomic E-state index is 5.58. The van der Waals surface area contributed by atoms with E-state index in [0.717, 1.165) is 17.1 Å². The van der Waals surface area contributed by atoms with Gasteiger partial charge in [0.25, 0.3) is 0 Å². The van der Waals surface area contributed by atoms with Crippen LogP contribution >= 0.6 is 0 Å². The molecule has 2 aromatic rings. The number of benzene rings is 1. The number of methoxy groups -OCH3 is 1. The summed E-state index contributed by atoms with van der Waals surface area (Å²) in [7, 11) is 1.66. The predicted molar refractivity (Wildman–Crippen MR) is 82.7 cm³/mol. The van der Waals surface area contributed by atoms with E-state index in [9.17, 15) is 0 Å². The van der Waals surface area contributed by atoms with Gasteiger partial charge in [-0.3, -0.25) is 0 Å². The lowest BCUT2D eigenvalue weighted by atomic mass is 10.2. The molecular weight excluding hydrogens is 266 g/mol. The Balaban J connectivity index is 1.91. The summed E-state index contributed by atoms with van der Waals surface area (Å²) < 4.78 is 10.7. The molecule has 1 aromatic carbocycles. The fraction of sp³-hybridized carbons (Fsp3) is 0.375. The zero-order valence-corrected chi connectivity index (χ0v) is 12.7. The maximum atomic E-state index is 5.58. The summed E-state index contributed by atoms with van der Waals surface area (Å²) >= 11 is 0. The van der Waals surface area contributed by atoms with E-state index in [2.05, 4.69) is 29.1 Å². The molecule has 5 heteroatoms. The SMILES string of the molecule is COc1ccc(CNc2cc(OCC(C)C)ncn2)cc1.